The van der Waals surface area contributed by atoms with Crippen LogP contribution in [-0.4, -0.2) is 0 Å². The number of nitrogens with two attached hydrogens (primary N) is 1. The van der Waals surface area contributed by atoms with E-state index >= 15 is 0 Å². The van der Waals surface area contributed by atoms with Crippen molar-refractivity contribution in [1.29, 1.82) is 0 Å². The SMILES string of the molecule is NC1c2cc(Cl)ccc2-c2c(Cl)cccc21. The summed E-state index contributed by atoms with van der Waals surface area (Å²) in [5, 5.41) is 1.45. The first-order valence-corrected chi connectivity index (χ1v) is 5.78. The summed E-state index contributed by atoms with van der Waals surface area (Å²) in [6.45, 7) is 0. The highest BCUT2D eigenvalue weighted by Gasteiger charge is 2.27. The Morgan fingerprint density at radius 1 is 1.00 bits per heavy atom. The summed E-state index contributed by atoms with van der Waals surface area (Å²) in [5.41, 5.74) is 10.4. The molecule has 1 aliphatic carbocycles. The highest BCUT2D eigenvalue weighted by Crippen LogP contribution is 2.46. The minimum absolute atomic E-state index is 0.123. The minimum atomic E-state index is -0.123. The summed E-state index contributed by atoms with van der Waals surface area (Å²) in [5.74, 6) is 0. The smallest absolute Gasteiger partial charge is 0.0565 e. The van der Waals surface area contributed by atoms with Gasteiger partial charge in [0.2, 0.25) is 0 Å². The molecule has 0 amide bonds. The standard InChI is InChI=1S/C13H9Cl2N/c14-7-4-5-8-10(6-7)13(16)9-2-1-3-11(15)12(8)9/h1-6,13H,16H2. The van der Waals surface area contributed by atoms with Gasteiger partial charge in [-0.15, -0.1) is 0 Å². The Morgan fingerprint density at radius 2 is 1.81 bits per heavy atom. The number of benzene rings is 2. The van der Waals surface area contributed by atoms with Crippen molar-refractivity contribution >= 4 is 23.2 Å². The molecular weight excluding hydrogens is 241 g/mol. The molecule has 1 unspecified atom stereocenters. The summed E-state index contributed by atoms with van der Waals surface area (Å²) in [4.78, 5) is 0. The Labute approximate surface area is 104 Å². The number of hydrogen-bond donors (Lipinski definition) is 1. The predicted octanol–water partition coefficient (Wildman–Crippen LogP) is 4.02. The van der Waals surface area contributed by atoms with Gasteiger partial charge >= 0.3 is 0 Å². The van der Waals surface area contributed by atoms with Gasteiger partial charge in [-0.25, -0.2) is 0 Å². The van der Waals surface area contributed by atoms with Gasteiger partial charge in [-0.05, 0) is 34.9 Å². The fourth-order valence-corrected chi connectivity index (χ4v) is 2.73. The van der Waals surface area contributed by atoms with Crippen LogP contribution >= 0.6 is 23.2 Å². The molecule has 0 saturated heterocycles. The van der Waals surface area contributed by atoms with Crippen LogP contribution in [0.2, 0.25) is 10.0 Å². The van der Waals surface area contributed by atoms with E-state index in [2.05, 4.69) is 0 Å². The molecule has 16 heavy (non-hydrogen) atoms. The third kappa shape index (κ3) is 1.29. The first kappa shape index (κ1) is 10.2. The molecule has 0 aromatic heterocycles. The van der Waals surface area contributed by atoms with Gasteiger partial charge in [0.25, 0.3) is 0 Å². The average molecular weight is 250 g/mol. The lowest BCUT2D eigenvalue weighted by Gasteiger charge is -2.06. The van der Waals surface area contributed by atoms with Gasteiger partial charge in [0, 0.05) is 15.6 Å². The van der Waals surface area contributed by atoms with Crippen LogP contribution in [0.15, 0.2) is 36.4 Å². The van der Waals surface area contributed by atoms with E-state index in [0.717, 1.165) is 27.3 Å². The third-order valence-corrected chi connectivity index (χ3v) is 3.55. The minimum Gasteiger partial charge on any atom is -0.320 e. The molecule has 2 aromatic rings. The van der Waals surface area contributed by atoms with Crippen LogP contribution in [0, 0.1) is 0 Å². The summed E-state index contributed by atoms with van der Waals surface area (Å²) in [7, 11) is 0. The van der Waals surface area contributed by atoms with E-state index in [1.54, 1.807) is 0 Å². The number of hydrogen-bond acceptors (Lipinski definition) is 1. The van der Waals surface area contributed by atoms with Crippen molar-refractivity contribution in [3.8, 4) is 11.1 Å². The van der Waals surface area contributed by atoms with E-state index < -0.39 is 0 Å². The second-order valence-corrected chi connectivity index (χ2v) is 4.76. The molecule has 0 aliphatic heterocycles. The van der Waals surface area contributed by atoms with Gasteiger partial charge in [-0.3, -0.25) is 0 Å². The Hall–Kier alpha value is -1.02. The molecule has 80 valence electrons. The van der Waals surface area contributed by atoms with E-state index in [9.17, 15) is 0 Å². The Balaban J connectivity index is 2.36. The zero-order chi connectivity index (χ0) is 11.3. The summed E-state index contributed by atoms with van der Waals surface area (Å²) in [6.07, 6.45) is 0. The maximum absolute atomic E-state index is 6.21. The van der Waals surface area contributed by atoms with Crippen molar-refractivity contribution < 1.29 is 0 Å². The molecule has 3 rings (SSSR count). The van der Waals surface area contributed by atoms with Crippen molar-refractivity contribution in [3.05, 3.63) is 57.6 Å². The maximum atomic E-state index is 6.21. The van der Waals surface area contributed by atoms with E-state index in [-0.39, 0.29) is 6.04 Å². The van der Waals surface area contributed by atoms with E-state index in [1.165, 1.54) is 0 Å². The first-order valence-electron chi connectivity index (χ1n) is 5.02. The van der Waals surface area contributed by atoms with Crippen LogP contribution in [0.5, 0.6) is 0 Å². The fourth-order valence-electron chi connectivity index (χ4n) is 2.27. The molecule has 0 heterocycles. The first-order chi connectivity index (χ1) is 7.68. The van der Waals surface area contributed by atoms with Crippen molar-refractivity contribution in [2.45, 2.75) is 6.04 Å². The normalized spacial score (nSPS) is 17.1. The molecule has 0 radical (unpaired) electrons. The van der Waals surface area contributed by atoms with Crippen LogP contribution in [-0.2, 0) is 0 Å². The third-order valence-electron chi connectivity index (χ3n) is 3.00. The van der Waals surface area contributed by atoms with Crippen molar-refractivity contribution in [3.63, 3.8) is 0 Å². The van der Waals surface area contributed by atoms with Crippen LogP contribution in [0.4, 0.5) is 0 Å². The second-order valence-electron chi connectivity index (χ2n) is 3.91. The summed E-state index contributed by atoms with van der Waals surface area (Å²) < 4.78 is 0. The van der Waals surface area contributed by atoms with Crippen LogP contribution < -0.4 is 5.73 Å². The molecule has 0 fully saturated rings. The maximum Gasteiger partial charge on any atom is 0.0565 e. The molecule has 0 bridgehead atoms. The molecule has 3 heteroatoms. The quantitative estimate of drug-likeness (QED) is 0.750. The zero-order valence-corrected chi connectivity index (χ0v) is 9.89. The van der Waals surface area contributed by atoms with Gasteiger partial charge in [-0.2, -0.15) is 0 Å². The van der Waals surface area contributed by atoms with Gasteiger partial charge in [0.05, 0.1) is 6.04 Å². The number of fused-ring (bicyclic) bond motifs is 3. The van der Waals surface area contributed by atoms with E-state index in [1.807, 2.05) is 36.4 Å². The van der Waals surface area contributed by atoms with Crippen LogP contribution in [0.25, 0.3) is 11.1 Å². The summed E-state index contributed by atoms with van der Waals surface area (Å²) >= 11 is 12.2. The lowest BCUT2D eigenvalue weighted by atomic mass is 10.1. The summed E-state index contributed by atoms with van der Waals surface area (Å²) in [6, 6.07) is 11.5. The van der Waals surface area contributed by atoms with Gasteiger partial charge in [0.1, 0.15) is 0 Å². The van der Waals surface area contributed by atoms with Crippen LogP contribution in [0.1, 0.15) is 17.2 Å². The molecule has 1 nitrogen and oxygen atoms in total. The zero-order valence-electron chi connectivity index (χ0n) is 8.37. The number of halogens is 2. The van der Waals surface area contributed by atoms with Crippen molar-refractivity contribution in [2.75, 3.05) is 0 Å². The topological polar surface area (TPSA) is 26.0 Å². The largest absolute Gasteiger partial charge is 0.320 e. The highest BCUT2D eigenvalue weighted by molar-refractivity contribution is 6.34. The van der Waals surface area contributed by atoms with Crippen molar-refractivity contribution in [1.82, 2.24) is 0 Å². The molecule has 1 aliphatic rings. The predicted molar refractivity (Wildman–Crippen MR) is 67.9 cm³/mol. The molecule has 1 atom stereocenters. The van der Waals surface area contributed by atoms with Gasteiger partial charge in [0.15, 0.2) is 0 Å². The second kappa shape index (κ2) is 3.49. The van der Waals surface area contributed by atoms with Crippen LogP contribution in [0.3, 0.4) is 0 Å². The Morgan fingerprint density at radius 3 is 2.62 bits per heavy atom. The lowest BCUT2D eigenvalue weighted by Crippen LogP contribution is -2.07. The van der Waals surface area contributed by atoms with E-state index in [0.29, 0.717) is 5.02 Å². The molecule has 0 spiro atoms. The lowest BCUT2D eigenvalue weighted by molar-refractivity contribution is 0.901. The molecular formula is C13H9Cl2N. The highest BCUT2D eigenvalue weighted by atomic mass is 35.5. The Bertz CT molecular complexity index is 578. The van der Waals surface area contributed by atoms with E-state index in [4.69, 9.17) is 28.9 Å². The van der Waals surface area contributed by atoms with Gasteiger partial charge in [-0.1, -0.05) is 41.4 Å². The monoisotopic (exact) mass is 249 g/mol. The average Bonchev–Trinajstić information content (AvgIpc) is 2.55. The van der Waals surface area contributed by atoms with Gasteiger partial charge < -0.3 is 5.73 Å². The molecule has 2 N–H and O–H groups in total. The number of rotatable bonds is 0. The Kier molecular flexibility index (Phi) is 2.21. The molecule has 0 saturated carbocycles. The van der Waals surface area contributed by atoms with Crippen molar-refractivity contribution in [2.24, 2.45) is 5.73 Å². The molecule has 2 aromatic carbocycles. The fraction of sp³-hybridized carbons (Fsp3) is 0.0769.